The number of hydrogen-bond acceptors (Lipinski definition) is 1. The van der Waals surface area contributed by atoms with Crippen molar-refractivity contribution in [2.24, 2.45) is 0 Å². The highest BCUT2D eigenvalue weighted by Gasteiger charge is 2.02. The fourth-order valence-corrected chi connectivity index (χ4v) is 2.07. The lowest BCUT2D eigenvalue weighted by molar-refractivity contribution is 0.589. The van der Waals surface area contributed by atoms with Gasteiger partial charge in [0.25, 0.3) is 0 Å². The average molecular weight is 239 g/mol. The summed E-state index contributed by atoms with van der Waals surface area (Å²) in [6.07, 6.45) is 0. The van der Waals surface area contributed by atoms with Gasteiger partial charge in [-0.1, -0.05) is 56.3 Å². The van der Waals surface area contributed by atoms with Crippen LogP contribution in [0.2, 0.25) is 0 Å². The van der Waals surface area contributed by atoms with Crippen molar-refractivity contribution in [2.45, 2.75) is 33.4 Å². The first-order valence-corrected chi connectivity index (χ1v) is 6.55. The lowest BCUT2D eigenvalue weighted by Crippen LogP contribution is -2.21. The molecule has 0 saturated heterocycles. The van der Waals surface area contributed by atoms with Crippen LogP contribution in [0.5, 0.6) is 0 Å². The van der Waals surface area contributed by atoms with Gasteiger partial charge in [-0.05, 0) is 35.2 Å². The van der Waals surface area contributed by atoms with E-state index in [1.54, 1.807) is 0 Å². The Morgan fingerprint density at radius 2 is 1.78 bits per heavy atom. The minimum Gasteiger partial charge on any atom is -0.310 e. The molecule has 0 bridgehead atoms. The Kier molecular flexibility index (Phi) is 4.16. The van der Waals surface area contributed by atoms with Crippen molar-refractivity contribution in [1.29, 1.82) is 0 Å². The van der Waals surface area contributed by atoms with Crippen molar-refractivity contribution in [2.75, 3.05) is 0 Å². The molecule has 0 unspecified atom stereocenters. The van der Waals surface area contributed by atoms with Crippen LogP contribution in [0.25, 0.3) is 11.1 Å². The van der Waals surface area contributed by atoms with Gasteiger partial charge >= 0.3 is 0 Å². The van der Waals surface area contributed by atoms with Gasteiger partial charge in [-0.25, -0.2) is 0 Å². The summed E-state index contributed by atoms with van der Waals surface area (Å²) in [6, 6.07) is 17.8. The Morgan fingerprint density at radius 1 is 1.00 bits per heavy atom. The zero-order chi connectivity index (χ0) is 13.0. The van der Waals surface area contributed by atoms with Gasteiger partial charge < -0.3 is 5.32 Å². The second-order valence-corrected chi connectivity index (χ2v) is 5.05. The van der Waals surface area contributed by atoms with Crippen LogP contribution in [-0.2, 0) is 6.54 Å². The van der Waals surface area contributed by atoms with Crippen LogP contribution in [-0.4, -0.2) is 6.04 Å². The Labute approximate surface area is 110 Å². The highest BCUT2D eigenvalue weighted by atomic mass is 14.9. The standard InChI is InChI=1S/C17H21N/c1-13(2)18-12-15-8-6-9-16(11-15)17-10-5-4-7-14(17)3/h4-11,13,18H,12H2,1-3H3. The van der Waals surface area contributed by atoms with E-state index in [1.165, 1.54) is 22.3 Å². The molecule has 18 heavy (non-hydrogen) atoms. The van der Waals surface area contributed by atoms with Gasteiger partial charge in [0, 0.05) is 12.6 Å². The van der Waals surface area contributed by atoms with Crippen molar-refractivity contribution in [3.63, 3.8) is 0 Å². The molecule has 0 fully saturated rings. The van der Waals surface area contributed by atoms with Crippen molar-refractivity contribution in [3.05, 3.63) is 59.7 Å². The van der Waals surface area contributed by atoms with Crippen molar-refractivity contribution in [1.82, 2.24) is 5.32 Å². The molecule has 0 amide bonds. The van der Waals surface area contributed by atoms with Crippen molar-refractivity contribution < 1.29 is 0 Å². The molecule has 0 aromatic heterocycles. The van der Waals surface area contributed by atoms with Gasteiger partial charge in [-0.2, -0.15) is 0 Å². The Balaban J connectivity index is 2.25. The number of nitrogens with one attached hydrogen (secondary N) is 1. The summed E-state index contributed by atoms with van der Waals surface area (Å²) >= 11 is 0. The molecule has 1 heteroatoms. The summed E-state index contributed by atoms with van der Waals surface area (Å²) in [5, 5.41) is 3.46. The first-order valence-electron chi connectivity index (χ1n) is 6.55. The second kappa shape index (κ2) is 5.83. The summed E-state index contributed by atoms with van der Waals surface area (Å²) in [5.41, 5.74) is 5.29. The van der Waals surface area contributed by atoms with Gasteiger partial charge in [0.1, 0.15) is 0 Å². The summed E-state index contributed by atoms with van der Waals surface area (Å²) in [7, 11) is 0. The summed E-state index contributed by atoms with van der Waals surface area (Å²) < 4.78 is 0. The van der Waals surface area contributed by atoms with Crippen LogP contribution < -0.4 is 5.32 Å². The molecule has 0 aliphatic heterocycles. The van der Waals surface area contributed by atoms with E-state index in [0.717, 1.165) is 6.54 Å². The van der Waals surface area contributed by atoms with E-state index in [0.29, 0.717) is 6.04 Å². The Morgan fingerprint density at radius 3 is 2.50 bits per heavy atom. The molecule has 0 aliphatic rings. The van der Waals surface area contributed by atoms with Crippen LogP contribution in [0.4, 0.5) is 0 Å². The molecule has 1 N–H and O–H groups in total. The zero-order valence-corrected chi connectivity index (χ0v) is 11.4. The molecule has 0 atom stereocenters. The molecular formula is C17H21N. The van der Waals surface area contributed by atoms with E-state index in [-0.39, 0.29) is 0 Å². The van der Waals surface area contributed by atoms with Crippen LogP contribution >= 0.6 is 0 Å². The van der Waals surface area contributed by atoms with Gasteiger partial charge in [0.05, 0.1) is 0 Å². The SMILES string of the molecule is Cc1ccccc1-c1cccc(CNC(C)C)c1. The van der Waals surface area contributed by atoms with Gasteiger partial charge in [-0.3, -0.25) is 0 Å². The van der Waals surface area contributed by atoms with Crippen molar-refractivity contribution in [3.8, 4) is 11.1 Å². The molecule has 0 heterocycles. The van der Waals surface area contributed by atoms with E-state index in [2.05, 4.69) is 74.6 Å². The number of aryl methyl sites for hydroxylation is 1. The van der Waals surface area contributed by atoms with E-state index in [4.69, 9.17) is 0 Å². The van der Waals surface area contributed by atoms with E-state index in [1.807, 2.05) is 0 Å². The lowest BCUT2D eigenvalue weighted by Gasteiger charge is -2.10. The molecule has 2 rings (SSSR count). The number of rotatable bonds is 4. The quantitative estimate of drug-likeness (QED) is 0.844. The first kappa shape index (κ1) is 12.8. The molecule has 2 aromatic carbocycles. The van der Waals surface area contributed by atoms with Gasteiger partial charge in [0.2, 0.25) is 0 Å². The highest BCUT2D eigenvalue weighted by Crippen LogP contribution is 2.23. The van der Waals surface area contributed by atoms with Crippen LogP contribution in [0.1, 0.15) is 25.0 Å². The lowest BCUT2D eigenvalue weighted by atomic mass is 9.99. The Bertz CT molecular complexity index is 515. The van der Waals surface area contributed by atoms with E-state index < -0.39 is 0 Å². The maximum absolute atomic E-state index is 3.46. The van der Waals surface area contributed by atoms with Crippen LogP contribution in [0, 0.1) is 6.92 Å². The summed E-state index contributed by atoms with van der Waals surface area (Å²) in [4.78, 5) is 0. The second-order valence-electron chi connectivity index (χ2n) is 5.05. The fourth-order valence-electron chi connectivity index (χ4n) is 2.07. The normalized spacial score (nSPS) is 10.9. The number of hydrogen-bond donors (Lipinski definition) is 1. The minimum atomic E-state index is 0.520. The summed E-state index contributed by atoms with van der Waals surface area (Å²) in [6.45, 7) is 7.43. The van der Waals surface area contributed by atoms with Crippen molar-refractivity contribution >= 4 is 0 Å². The van der Waals surface area contributed by atoms with E-state index >= 15 is 0 Å². The third kappa shape index (κ3) is 3.21. The fraction of sp³-hybridized carbons (Fsp3) is 0.294. The molecule has 94 valence electrons. The molecular weight excluding hydrogens is 218 g/mol. The zero-order valence-electron chi connectivity index (χ0n) is 11.4. The van der Waals surface area contributed by atoms with Gasteiger partial charge in [0.15, 0.2) is 0 Å². The topological polar surface area (TPSA) is 12.0 Å². The van der Waals surface area contributed by atoms with Crippen LogP contribution in [0.15, 0.2) is 48.5 Å². The number of benzene rings is 2. The molecule has 0 saturated carbocycles. The monoisotopic (exact) mass is 239 g/mol. The molecule has 2 aromatic rings. The minimum absolute atomic E-state index is 0.520. The molecule has 0 aliphatic carbocycles. The third-order valence-corrected chi connectivity index (χ3v) is 3.10. The van der Waals surface area contributed by atoms with Crippen LogP contribution in [0.3, 0.4) is 0 Å². The predicted octanol–water partition coefficient (Wildman–Crippen LogP) is 4.16. The summed E-state index contributed by atoms with van der Waals surface area (Å²) in [5.74, 6) is 0. The maximum atomic E-state index is 3.46. The largest absolute Gasteiger partial charge is 0.310 e. The first-order chi connectivity index (χ1) is 8.66. The molecule has 0 radical (unpaired) electrons. The maximum Gasteiger partial charge on any atom is 0.0208 e. The van der Waals surface area contributed by atoms with E-state index in [9.17, 15) is 0 Å². The smallest absolute Gasteiger partial charge is 0.0208 e. The highest BCUT2D eigenvalue weighted by molar-refractivity contribution is 5.67. The molecule has 1 nitrogen and oxygen atoms in total. The average Bonchev–Trinajstić information content (AvgIpc) is 2.37. The molecule has 0 spiro atoms. The third-order valence-electron chi connectivity index (χ3n) is 3.10. The van der Waals surface area contributed by atoms with Gasteiger partial charge in [-0.15, -0.1) is 0 Å². The predicted molar refractivity (Wildman–Crippen MR) is 78.6 cm³/mol. The Hall–Kier alpha value is -1.60.